The molecule has 1 saturated heterocycles. The monoisotopic (exact) mass is 479 g/mol. The van der Waals surface area contributed by atoms with Crippen molar-refractivity contribution in [1.29, 1.82) is 0 Å². The Labute approximate surface area is 203 Å². The van der Waals surface area contributed by atoms with Crippen LogP contribution in [0.4, 0.5) is 17.2 Å². The largest absolute Gasteiger partial charge is 0.355 e. The third-order valence-electron chi connectivity index (χ3n) is 5.79. The molecule has 0 radical (unpaired) electrons. The Morgan fingerprint density at radius 2 is 1.88 bits per heavy atom. The van der Waals surface area contributed by atoms with Crippen molar-refractivity contribution in [3.05, 3.63) is 93.1 Å². The lowest BCUT2D eigenvalue weighted by Gasteiger charge is -2.23. The van der Waals surface area contributed by atoms with Gasteiger partial charge < -0.3 is 10.2 Å². The number of pyridine rings is 1. The molecule has 2 aromatic carbocycles. The van der Waals surface area contributed by atoms with Crippen LogP contribution >= 0.6 is 11.6 Å². The second kappa shape index (κ2) is 11.1. The first-order chi connectivity index (χ1) is 16.5. The number of hydrogen-bond donors (Lipinski definition) is 1. The average Bonchev–Trinajstić information content (AvgIpc) is 3.07. The maximum atomic E-state index is 12.3. The Hall–Kier alpha value is -3.49. The van der Waals surface area contributed by atoms with Gasteiger partial charge in [-0.05, 0) is 35.7 Å². The number of carbonyl (C=O) groups excluding carboxylic acids is 1. The molecule has 0 saturated carbocycles. The van der Waals surface area contributed by atoms with Crippen LogP contribution in [0.2, 0.25) is 5.02 Å². The van der Waals surface area contributed by atoms with Crippen LogP contribution in [0, 0.1) is 10.1 Å². The van der Waals surface area contributed by atoms with E-state index in [0.717, 1.165) is 49.5 Å². The van der Waals surface area contributed by atoms with Crippen LogP contribution in [0.3, 0.4) is 0 Å². The molecule has 0 aliphatic carbocycles. The first-order valence-corrected chi connectivity index (χ1v) is 11.6. The normalized spacial score (nSPS) is 14.4. The number of amides is 1. The van der Waals surface area contributed by atoms with Crippen molar-refractivity contribution in [2.75, 3.05) is 36.4 Å². The predicted octanol–water partition coefficient (Wildman–Crippen LogP) is 4.54. The predicted molar refractivity (Wildman–Crippen MR) is 133 cm³/mol. The standard InChI is InChI=1S/C25H26ClN5O3/c26-23-9-8-22(31(33)34)16-20(23)18-29-11-4-12-30(14-13-29)24-10-7-21(17-27-24)28-25(32)15-19-5-2-1-3-6-19/h1-3,5-10,16-17H,4,11-15,18H2,(H,28,32). The van der Waals surface area contributed by atoms with Crippen LogP contribution < -0.4 is 10.2 Å². The fraction of sp³-hybridized carbons (Fsp3) is 0.280. The first-order valence-electron chi connectivity index (χ1n) is 11.2. The molecule has 176 valence electrons. The van der Waals surface area contributed by atoms with Gasteiger partial charge in [0.1, 0.15) is 5.82 Å². The topological polar surface area (TPSA) is 91.6 Å². The number of rotatable bonds is 7. The molecule has 9 heteroatoms. The summed E-state index contributed by atoms with van der Waals surface area (Å²) >= 11 is 6.28. The number of nitrogens with zero attached hydrogens (tertiary/aromatic N) is 4. The second-order valence-electron chi connectivity index (χ2n) is 8.27. The molecule has 1 fully saturated rings. The van der Waals surface area contributed by atoms with Crippen molar-refractivity contribution in [2.45, 2.75) is 19.4 Å². The summed E-state index contributed by atoms with van der Waals surface area (Å²) in [4.78, 5) is 32.0. The van der Waals surface area contributed by atoms with E-state index >= 15 is 0 Å². The van der Waals surface area contributed by atoms with E-state index in [9.17, 15) is 14.9 Å². The summed E-state index contributed by atoms with van der Waals surface area (Å²) in [5, 5.41) is 14.5. The van der Waals surface area contributed by atoms with Gasteiger partial charge in [-0.25, -0.2) is 4.98 Å². The lowest BCUT2D eigenvalue weighted by molar-refractivity contribution is -0.384. The average molecular weight is 480 g/mol. The smallest absolute Gasteiger partial charge is 0.269 e. The summed E-state index contributed by atoms with van der Waals surface area (Å²) in [6.07, 6.45) is 2.94. The molecule has 1 aromatic heterocycles. The fourth-order valence-corrected chi connectivity index (χ4v) is 4.21. The molecule has 1 aliphatic heterocycles. The maximum Gasteiger partial charge on any atom is 0.269 e. The Bertz CT molecular complexity index is 1140. The number of nitro groups is 1. The van der Waals surface area contributed by atoms with Gasteiger partial charge >= 0.3 is 0 Å². The number of nitrogens with one attached hydrogen (secondary N) is 1. The number of aromatic nitrogens is 1. The van der Waals surface area contributed by atoms with Crippen LogP contribution in [0.5, 0.6) is 0 Å². The molecule has 4 rings (SSSR count). The molecule has 0 spiro atoms. The molecule has 1 amide bonds. The van der Waals surface area contributed by atoms with Crippen molar-refractivity contribution < 1.29 is 9.72 Å². The minimum absolute atomic E-state index is 0.0518. The molecule has 0 atom stereocenters. The second-order valence-corrected chi connectivity index (χ2v) is 8.67. The summed E-state index contributed by atoms with van der Waals surface area (Å²) in [5.41, 5.74) is 2.44. The zero-order valence-corrected chi connectivity index (χ0v) is 19.4. The highest BCUT2D eigenvalue weighted by Gasteiger charge is 2.18. The first kappa shape index (κ1) is 23.7. The van der Waals surface area contributed by atoms with Crippen molar-refractivity contribution in [1.82, 2.24) is 9.88 Å². The highest BCUT2D eigenvalue weighted by molar-refractivity contribution is 6.31. The molecular weight excluding hydrogens is 454 g/mol. The van der Waals surface area contributed by atoms with Crippen molar-refractivity contribution in [2.24, 2.45) is 0 Å². The van der Waals surface area contributed by atoms with Crippen LogP contribution in [0.15, 0.2) is 66.9 Å². The zero-order valence-electron chi connectivity index (χ0n) is 18.7. The van der Waals surface area contributed by atoms with Gasteiger partial charge in [0.05, 0.1) is 23.2 Å². The number of non-ortho nitro benzene ring substituents is 1. The third kappa shape index (κ3) is 6.30. The Kier molecular flexibility index (Phi) is 7.72. The number of nitro benzene ring substituents is 1. The van der Waals surface area contributed by atoms with E-state index in [0.29, 0.717) is 23.7 Å². The van der Waals surface area contributed by atoms with E-state index in [1.54, 1.807) is 18.3 Å². The third-order valence-corrected chi connectivity index (χ3v) is 6.15. The number of halogens is 1. The summed E-state index contributed by atoms with van der Waals surface area (Å²) in [6.45, 7) is 3.85. The van der Waals surface area contributed by atoms with Gasteiger partial charge in [-0.1, -0.05) is 41.9 Å². The summed E-state index contributed by atoms with van der Waals surface area (Å²) in [7, 11) is 0. The highest BCUT2D eigenvalue weighted by Crippen LogP contribution is 2.24. The lowest BCUT2D eigenvalue weighted by Crippen LogP contribution is -2.31. The summed E-state index contributed by atoms with van der Waals surface area (Å²) in [5.74, 6) is 0.780. The number of benzene rings is 2. The van der Waals surface area contributed by atoms with E-state index in [1.807, 2.05) is 42.5 Å². The fourth-order valence-electron chi connectivity index (χ4n) is 4.03. The van der Waals surface area contributed by atoms with E-state index in [-0.39, 0.29) is 11.6 Å². The van der Waals surface area contributed by atoms with E-state index in [1.165, 1.54) is 6.07 Å². The Morgan fingerprint density at radius 3 is 2.62 bits per heavy atom. The van der Waals surface area contributed by atoms with Gasteiger partial charge in [0.2, 0.25) is 5.91 Å². The molecule has 0 bridgehead atoms. The number of hydrogen-bond acceptors (Lipinski definition) is 6. The molecule has 8 nitrogen and oxygen atoms in total. The molecule has 1 N–H and O–H groups in total. The molecule has 1 aliphatic rings. The number of anilines is 2. The minimum atomic E-state index is -0.399. The molecule has 3 aromatic rings. The van der Waals surface area contributed by atoms with Crippen molar-refractivity contribution in [3.8, 4) is 0 Å². The lowest BCUT2D eigenvalue weighted by atomic mass is 10.1. The summed E-state index contributed by atoms with van der Waals surface area (Å²) < 4.78 is 0. The zero-order chi connectivity index (χ0) is 23.9. The van der Waals surface area contributed by atoms with Gasteiger partial charge in [0, 0.05) is 49.9 Å². The minimum Gasteiger partial charge on any atom is -0.355 e. The number of carbonyl (C=O) groups is 1. The van der Waals surface area contributed by atoms with Crippen LogP contribution in [-0.2, 0) is 17.8 Å². The van der Waals surface area contributed by atoms with E-state index in [2.05, 4.69) is 20.1 Å². The maximum absolute atomic E-state index is 12.3. The van der Waals surface area contributed by atoms with Crippen LogP contribution in [0.25, 0.3) is 0 Å². The Balaban J connectivity index is 1.32. The Morgan fingerprint density at radius 1 is 1.06 bits per heavy atom. The molecule has 2 heterocycles. The quantitative estimate of drug-likeness (QED) is 0.395. The van der Waals surface area contributed by atoms with Gasteiger partial charge in [0.25, 0.3) is 5.69 Å². The van der Waals surface area contributed by atoms with Gasteiger partial charge in [-0.2, -0.15) is 0 Å². The van der Waals surface area contributed by atoms with Crippen molar-refractivity contribution >= 4 is 34.7 Å². The highest BCUT2D eigenvalue weighted by atomic mass is 35.5. The molecular formula is C25H26ClN5O3. The van der Waals surface area contributed by atoms with Crippen molar-refractivity contribution in [3.63, 3.8) is 0 Å². The van der Waals surface area contributed by atoms with Gasteiger partial charge in [-0.15, -0.1) is 0 Å². The van der Waals surface area contributed by atoms with Crippen LogP contribution in [0.1, 0.15) is 17.5 Å². The molecule has 0 unspecified atom stereocenters. The van der Waals surface area contributed by atoms with E-state index < -0.39 is 4.92 Å². The molecule has 34 heavy (non-hydrogen) atoms. The van der Waals surface area contributed by atoms with Crippen LogP contribution in [-0.4, -0.2) is 46.9 Å². The SMILES string of the molecule is O=C(Cc1ccccc1)Nc1ccc(N2CCCN(Cc3cc([N+](=O)[O-])ccc3Cl)CC2)nc1. The van der Waals surface area contributed by atoms with Gasteiger partial charge in [0.15, 0.2) is 0 Å². The van der Waals surface area contributed by atoms with Gasteiger partial charge in [-0.3, -0.25) is 19.8 Å². The van der Waals surface area contributed by atoms with E-state index in [4.69, 9.17) is 11.6 Å². The summed E-state index contributed by atoms with van der Waals surface area (Å²) in [6, 6.07) is 18.0.